The third-order valence-electron chi connectivity index (χ3n) is 7.49. The predicted molar refractivity (Wildman–Crippen MR) is 136 cm³/mol. The Morgan fingerprint density at radius 2 is 2.19 bits per heavy atom. The van der Waals surface area contributed by atoms with Gasteiger partial charge < -0.3 is 19.7 Å². The minimum absolute atomic E-state index is 0.0774. The summed E-state index contributed by atoms with van der Waals surface area (Å²) in [6, 6.07) is 9.88. The lowest BCUT2D eigenvalue weighted by atomic mass is 9.65. The second-order valence-electron chi connectivity index (χ2n) is 9.53. The number of nitrogens with one attached hydrogen (secondary N) is 1. The maximum atomic E-state index is 13.7. The molecule has 186 valence electrons. The molecule has 3 aliphatic rings. The minimum Gasteiger partial charge on any atom is -0.609 e. The Bertz CT molecular complexity index is 1270. The van der Waals surface area contributed by atoms with Crippen molar-refractivity contribution in [1.29, 1.82) is 5.26 Å². The van der Waals surface area contributed by atoms with E-state index in [1.54, 1.807) is 4.90 Å². The Morgan fingerprint density at radius 3 is 2.94 bits per heavy atom. The molecular formula is C26H28N6O3S. The molecule has 1 spiro atoms. The van der Waals surface area contributed by atoms with Crippen molar-refractivity contribution in [3.05, 3.63) is 53.7 Å². The van der Waals surface area contributed by atoms with Crippen molar-refractivity contribution < 1.29 is 14.1 Å². The van der Waals surface area contributed by atoms with Crippen LogP contribution >= 0.6 is 0 Å². The zero-order chi connectivity index (χ0) is 25.4. The smallest absolute Gasteiger partial charge is 0.344 e. The van der Waals surface area contributed by atoms with E-state index in [-0.39, 0.29) is 29.4 Å². The second-order valence-corrected chi connectivity index (χ2v) is 10.8. The number of benzene rings is 1. The third-order valence-corrected chi connectivity index (χ3v) is 8.19. The lowest BCUT2D eigenvalue weighted by Crippen LogP contribution is -2.55. The standard InChI is InChI=1S/C26H28N6O3S/c1-3-21(33)32-14-13-31(16-18(32)10-12-27)23-22-20(28-25(30-23)36(2)35)15-26(24(34)29-22)11-6-8-17-7-4-5-9-19(17)26/h3-5,7,9,18H,1,6,8,10-11,13-16H2,2H3,(H,29,34). The quantitative estimate of drug-likeness (QED) is 0.384. The fraction of sp³-hybridized carbons (Fsp3) is 0.423. The molecule has 1 N–H and O–H groups in total. The molecule has 0 saturated carbocycles. The number of anilines is 2. The maximum absolute atomic E-state index is 13.7. The highest BCUT2D eigenvalue weighted by atomic mass is 32.2. The van der Waals surface area contributed by atoms with Crippen molar-refractivity contribution in [3.63, 3.8) is 0 Å². The van der Waals surface area contributed by atoms with Gasteiger partial charge in [-0.1, -0.05) is 30.8 Å². The molecule has 3 atom stereocenters. The summed E-state index contributed by atoms with van der Waals surface area (Å²) >= 11 is -1.43. The zero-order valence-electron chi connectivity index (χ0n) is 20.2. The number of amides is 2. The van der Waals surface area contributed by atoms with Crippen LogP contribution in [0.3, 0.4) is 0 Å². The van der Waals surface area contributed by atoms with Gasteiger partial charge in [-0.05, 0) is 36.5 Å². The first-order valence-corrected chi connectivity index (χ1v) is 13.6. The van der Waals surface area contributed by atoms with Gasteiger partial charge in [-0.2, -0.15) is 15.2 Å². The summed E-state index contributed by atoms with van der Waals surface area (Å²) in [5.41, 5.74) is 2.69. The Morgan fingerprint density at radius 1 is 1.39 bits per heavy atom. The lowest BCUT2D eigenvalue weighted by Gasteiger charge is -2.43. The summed E-state index contributed by atoms with van der Waals surface area (Å²) in [7, 11) is 0. The molecule has 2 aromatic rings. The number of aryl methyl sites for hydroxylation is 1. The van der Waals surface area contributed by atoms with Crippen LogP contribution in [0.25, 0.3) is 0 Å². The summed E-state index contributed by atoms with van der Waals surface area (Å²) in [5, 5.41) is 12.7. The molecule has 9 nitrogen and oxygen atoms in total. The molecule has 2 aliphatic heterocycles. The van der Waals surface area contributed by atoms with Gasteiger partial charge in [0.1, 0.15) is 11.9 Å². The summed E-state index contributed by atoms with van der Waals surface area (Å²) in [4.78, 5) is 38.9. The van der Waals surface area contributed by atoms with Gasteiger partial charge in [-0.3, -0.25) is 9.59 Å². The van der Waals surface area contributed by atoms with Crippen LogP contribution in [0.1, 0.15) is 36.1 Å². The number of carbonyl (C=O) groups is 2. The first-order chi connectivity index (χ1) is 17.4. The average molecular weight is 505 g/mol. The van der Waals surface area contributed by atoms with Crippen LogP contribution in [0, 0.1) is 11.3 Å². The van der Waals surface area contributed by atoms with E-state index in [1.807, 2.05) is 23.1 Å². The number of fused-ring (bicyclic) bond motifs is 3. The van der Waals surface area contributed by atoms with Crippen LogP contribution in [0.4, 0.5) is 11.5 Å². The molecule has 36 heavy (non-hydrogen) atoms. The highest BCUT2D eigenvalue weighted by Crippen LogP contribution is 2.46. The normalized spacial score (nSPS) is 23.8. The highest BCUT2D eigenvalue weighted by molar-refractivity contribution is 7.90. The summed E-state index contributed by atoms with van der Waals surface area (Å²) in [6.07, 6.45) is 5.91. The van der Waals surface area contributed by atoms with Crippen LogP contribution in [0.15, 0.2) is 42.1 Å². The van der Waals surface area contributed by atoms with E-state index in [1.165, 1.54) is 17.9 Å². The van der Waals surface area contributed by atoms with Crippen molar-refractivity contribution in [3.8, 4) is 6.07 Å². The van der Waals surface area contributed by atoms with Crippen molar-refractivity contribution in [2.75, 3.05) is 36.1 Å². The molecular weight excluding hydrogens is 476 g/mol. The van der Waals surface area contributed by atoms with E-state index >= 15 is 0 Å². The van der Waals surface area contributed by atoms with Crippen LogP contribution in [-0.2, 0) is 39.0 Å². The average Bonchev–Trinajstić information content (AvgIpc) is 2.89. The molecule has 3 unspecified atom stereocenters. The Kier molecular flexibility index (Phi) is 6.45. The van der Waals surface area contributed by atoms with E-state index in [9.17, 15) is 19.4 Å². The monoisotopic (exact) mass is 504 g/mol. The fourth-order valence-electron chi connectivity index (χ4n) is 5.76. The number of hydrogen-bond acceptors (Lipinski definition) is 7. The molecule has 1 saturated heterocycles. The van der Waals surface area contributed by atoms with E-state index in [4.69, 9.17) is 0 Å². The molecule has 0 bridgehead atoms. The lowest BCUT2D eigenvalue weighted by molar-refractivity contribution is -0.128. The van der Waals surface area contributed by atoms with Crippen LogP contribution in [-0.4, -0.2) is 63.2 Å². The molecule has 0 radical (unpaired) electrons. The Hall–Kier alpha value is -3.42. The van der Waals surface area contributed by atoms with Gasteiger partial charge >= 0.3 is 5.16 Å². The first-order valence-electron chi connectivity index (χ1n) is 12.1. The highest BCUT2D eigenvalue weighted by Gasteiger charge is 2.48. The van der Waals surface area contributed by atoms with Gasteiger partial charge in [0.2, 0.25) is 11.8 Å². The number of aromatic nitrogens is 2. The van der Waals surface area contributed by atoms with Crippen molar-refractivity contribution in [2.45, 2.75) is 48.7 Å². The first kappa shape index (κ1) is 24.3. The van der Waals surface area contributed by atoms with Gasteiger partial charge in [0.25, 0.3) is 0 Å². The molecule has 1 aromatic carbocycles. The fourth-order valence-corrected chi connectivity index (χ4v) is 6.21. The van der Waals surface area contributed by atoms with Crippen molar-refractivity contribution >= 4 is 34.5 Å². The number of nitriles is 1. The molecule has 3 heterocycles. The second kappa shape index (κ2) is 9.56. The van der Waals surface area contributed by atoms with Gasteiger partial charge in [0, 0.05) is 37.2 Å². The van der Waals surface area contributed by atoms with E-state index in [2.05, 4.69) is 34.0 Å². The van der Waals surface area contributed by atoms with Gasteiger partial charge in [0.05, 0.1) is 29.6 Å². The molecule has 1 aromatic heterocycles. The van der Waals surface area contributed by atoms with E-state index < -0.39 is 16.6 Å². The van der Waals surface area contributed by atoms with Crippen LogP contribution < -0.4 is 10.2 Å². The number of nitrogens with zero attached hydrogens (tertiary/aromatic N) is 5. The Labute approximate surface area is 213 Å². The number of piperazine rings is 1. The SMILES string of the molecule is C=CC(=O)N1CCN(c2nc([S+](C)[O-])nc3c2NC(=O)C2(CCCc4ccccc42)C3)CC1CC#N. The summed E-state index contributed by atoms with van der Waals surface area (Å²) in [5.74, 6) is 0.193. The van der Waals surface area contributed by atoms with Crippen LogP contribution in [0.2, 0.25) is 0 Å². The van der Waals surface area contributed by atoms with E-state index in [0.29, 0.717) is 49.7 Å². The zero-order valence-corrected chi connectivity index (χ0v) is 21.0. The third kappa shape index (κ3) is 4.02. The summed E-state index contributed by atoms with van der Waals surface area (Å²) < 4.78 is 12.5. The molecule has 1 fully saturated rings. The number of carbonyl (C=O) groups excluding carboxylic acids is 2. The number of rotatable bonds is 4. The molecule has 1 aliphatic carbocycles. The number of hydrogen-bond donors (Lipinski definition) is 1. The Balaban J connectivity index is 1.56. The van der Waals surface area contributed by atoms with Gasteiger partial charge in [-0.15, -0.1) is 0 Å². The topological polar surface area (TPSA) is 125 Å². The molecule has 5 rings (SSSR count). The molecule has 10 heteroatoms. The van der Waals surface area contributed by atoms with Gasteiger partial charge in [0.15, 0.2) is 5.82 Å². The van der Waals surface area contributed by atoms with Crippen molar-refractivity contribution in [1.82, 2.24) is 14.9 Å². The minimum atomic E-state index is -1.43. The largest absolute Gasteiger partial charge is 0.609 e. The summed E-state index contributed by atoms with van der Waals surface area (Å²) in [6.45, 7) is 4.76. The maximum Gasteiger partial charge on any atom is 0.344 e. The van der Waals surface area contributed by atoms with E-state index in [0.717, 1.165) is 18.4 Å². The molecule has 2 amide bonds. The predicted octanol–water partition coefficient (Wildman–Crippen LogP) is 2.10. The van der Waals surface area contributed by atoms with Gasteiger partial charge in [-0.25, -0.2) is 0 Å². The van der Waals surface area contributed by atoms with Crippen LogP contribution in [0.5, 0.6) is 0 Å². The van der Waals surface area contributed by atoms with Crippen molar-refractivity contribution in [2.24, 2.45) is 0 Å².